The lowest BCUT2D eigenvalue weighted by molar-refractivity contribution is 0.217. The van der Waals surface area contributed by atoms with Crippen LogP contribution < -0.4 is 4.74 Å². The van der Waals surface area contributed by atoms with Crippen molar-refractivity contribution in [3.63, 3.8) is 0 Å². The maximum absolute atomic E-state index is 5.35. The number of H-pyrrole nitrogens is 2. The number of piperidine rings is 1. The van der Waals surface area contributed by atoms with Gasteiger partial charge in [-0.2, -0.15) is 10.2 Å². The Bertz CT molecular complexity index is 1460. The molecule has 0 radical (unpaired) electrons. The second-order valence-electron chi connectivity index (χ2n) is 9.31. The Kier molecular flexibility index (Phi) is 5.26. The Morgan fingerprint density at radius 3 is 2.56 bits per heavy atom. The number of methoxy groups -OCH3 is 1. The predicted octanol–water partition coefficient (Wildman–Crippen LogP) is 5.06. The van der Waals surface area contributed by atoms with E-state index in [0.29, 0.717) is 5.92 Å². The van der Waals surface area contributed by atoms with Crippen LogP contribution in [-0.4, -0.2) is 57.5 Å². The summed E-state index contributed by atoms with van der Waals surface area (Å²) in [5, 5.41) is 18.8. The molecule has 0 unspecified atom stereocenters. The van der Waals surface area contributed by atoms with Crippen molar-refractivity contribution in [1.82, 2.24) is 30.3 Å². The third kappa shape index (κ3) is 3.92. The highest BCUT2D eigenvalue weighted by Gasteiger charge is 2.19. The molecule has 3 aromatic carbocycles. The van der Waals surface area contributed by atoms with Crippen LogP contribution in [-0.2, 0) is 6.42 Å². The van der Waals surface area contributed by atoms with Crippen molar-refractivity contribution in [3.8, 4) is 28.4 Å². The first kappa shape index (κ1) is 20.9. The number of benzene rings is 3. The highest BCUT2D eigenvalue weighted by molar-refractivity contribution is 5.97. The molecule has 1 saturated heterocycles. The maximum Gasteiger partial charge on any atom is 0.155 e. The van der Waals surface area contributed by atoms with E-state index in [1.165, 1.54) is 12.8 Å². The maximum atomic E-state index is 5.35. The molecule has 7 nitrogen and oxygen atoms in total. The van der Waals surface area contributed by atoms with E-state index in [1.807, 2.05) is 12.1 Å². The fourth-order valence-electron chi connectivity index (χ4n) is 4.92. The lowest BCUT2D eigenvalue weighted by Crippen LogP contribution is -2.31. The van der Waals surface area contributed by atoms with Crippen molar-refractivity contribution in [3.05, 3.63) is 60.4 Å². The highest BCUT2D eigenvalue weighted by atomic mass is 16.5. The molecular formula is C27H28N6O. The summed E-state index contributed by atoms with van der Waals surface area (Å²) < 4.78 is 5.35. The first-order valence-electron chi connectivity index (χ1n) is 11.8. The van der Waals surface area contributed by atoms with Gasteiger partial charge in [0.2, 0.25) is 0 Å². The van der Waals surface area contributed by atoms with Crippen molar-refractivity contribution in [2.75, 3.05) is 27.2 Å². The molecule has 34 heavy (non-hydrogen) atoms. The van der Waals surface area contributed by atoms with Crippen LogP contribution in [0.4, 0.5) is 0 Å². The largest absolute Gasteiger partial charge is 0.497 e. The molecular weight excluding hydrogens is 424 g/mol. The minimum absolute atomic E-state index is 0.663. The minimum Gasteiger partial charge on any atom is -0.497 e. The summed E-state index contributed by atoms with van der Waals surface area (Å²) in [6.45, 7) is 2.31. The van der Waals surface area contributed by atoms with E-state index in [-0.39, 0.29) is 0 Å². The summed E-state index contributed by atoms with van der Waals surface area (Å²) in [4.78, 5) is 7.21. The second kappa shape index (κ2) is 8.57. The Labute approximate surface area is 198 Å². The van der Waals surface area contributed by atoms with Gasteiger partial charge in [0.25, 0.3) is 0 Å². The molecule has 2 N–H and O–H groups in total. The Morgan fingerprint density at radius 1 is 0.912 bits per heavy atom. The zero-order chi connectivity index (χ0) is 23.1. The van der Waals surface area contributed by atoms with Gasteiger partial charge in [0, 0.05) is 22.9 Å². The summed E-state index contributed by atoms with van der Waals surface area (Å²) >= 11 is 0. The van der Waals surface area contributed by atoms with E-state index in [9.17, 15) is 0 Å². The number of hydrogen-bond acceptors (Lipinski definition) is 5. The van der Waals surface area contributed by atoms with E-state index in [0.717, 1.165) is 75.4 Å². The summed E-state index contributed by atoms with van der Waals surface area (Å²) in [5.41, 5.74) is 4.02. The van der Waals surface area contributed by atoms with Gasteiger partial charge in [-0.25, -0.2) is 4.98 Å². The van der Waals surface area contributed by atoms with E-state index >= 15 is 0 Å². The van der Waals surface area contributed by atoms with Crippen molar-refractivity contribution < 1.29 is 4.74 Å². The van der Waals surface area contributed by atoms with Gasteiger partial charge in [-0.05, 0) is 86.1 Å². The molecule has 0 aliphatic carbocycles. The third-order valence-electron chi connectivity index (χ3n) is 7.00. The number of hydrogen-bond donors (Lipinski definition) is 2. The van der Waals surface area contributed by atoms with E-state index in [1.54, 1.807) is 7.11 Å². The fraction of sp³-hybridized carbons (Fsp3) is 0.296. The molecule has 3 heterocycles. The van der Waals surface area contributed by atoms with E-state index in [4.69, 9.17) is 9.72 Å². The van der Waals surface area contributed by atoms with Crippen LogP contribution in [0.1, 0.15) is 18.7 Å². The van der Waals surface area contributed by atoms with E-state index < -0.39 is 0 Å². The monoisotopic (exact) mass is 452 g/mol. The second-order valence-corrected chi connectivity index (χ2v) is 9.31. The number of nitrogens with one attached hydrogen (secondary N) is 2. The smallest absolute Gasteiger partial charge is 0.155 e. The summed E-state index contributed by atoms with van der Waals surface area (Å²) in [6.07, 6.45) is 3.36. The fourth-order valence-corrected chi connectivity index (χ4v) is 4.92. The van der Waals surface area contributed by atoms with Crippen molar-refractivity contribution in [2.45, 2.75) is 19.3 Å². The third-order valence-corrected chi connectivity index (χ3v) is 7.00. The lowest BCUT2D eigenvalue weighted by Gasteiger charge is -2.28. The van der Waals surface area contributed by atoms with Crippen molar-refractivity contribution >= 4 is 21.7 Å². The molecule has 0 bridgehead atoms. The first-order chi connectivity index (χ1) is 16.7. The standard InChI is InChI=1S/C27H28N6O/c1-33-11-9-17(10-12-33)13-25-28-27(32-30-25)21-6-8-24-23(16-21)26(31-29-24)20-4-3-19-15-22(34-2)7-5-18(19)14-20/h3-8,14-17H,9-13H2,1-2H3,(H,29,31)(H,28,30,32). The predicted molar refractivity (Wildman–Crippen MR) is 135 cm³/mol. The average molecular weight is 453 g/mol. The molecule has 0 spiro atoms. The number of rotatable bonds is 5. The van der Waals surface area contributed by atoms with Crippen LogP contribution >= 0.6 is 0 Å². The van der Waals surface area contributed by atoms with Crippen LogP contribution in [0.2, 0.25) is 0 Å². The number of fused-ring (bicyclic) bond motifs is 2. The summed E-state index contributed by atoms with van der Waals surface area (Å²) in [5.74, 6) is 3.23. The van der Waals surface area contributed by atoms with Crippen molar-refractivity contribution in [1.29, 1.82) is 0 Å². The molecule has 5 aromatic rings. The number of ether oxygens (including phenoxy) is 1. The number of aromatic nitrogens is 5. The number of aromatic amines is 2. The van der Waals surface area contributed by atoms with Crippen LogP contribution in [0, 0.1) is 5.92 Å². The molecule has 6 rings (SSSR count). The molecule has 7 heteroatoms. The Balaban J connectivity index is 1.30. The van der Waals surface area contributed by atoms with Gasteiger partial charge in [-0.3, -0.25) is 10.2 Å². The van der Waals surface area contributed by atoms with Gasteiger partial charge in [0.15, 0.2) is 11.6 Å². The molecule has 1 fully saturated rings. The van der Waals surface area contributed by atoms with Crippen LogP contribution in [0.5, 0.6) is 5.75 Å². The molecule has 0 atom stereocenters. The summed E-state index contributed by atoms with van der Waals surface area (Å²) in [6, 6.07) is 18.8. The quantitative estimate of drug-likeness (QED) is 0.389. The zero-order valence-corrected chi connectivity index (χ0v) is 19.5. The van der Waals surface area contributed by atoms with Gasteiger partial charge >= 0.3 is 0 Å². The summed E-state index contributed by atoms with van der Waals surface area (Å²) in [7, 11) is 3.88. The van der Waals surface area contributed by atoms with Gasteiger partial charge in [-0.1, -0.05) is 18.2 Å². The number of nitrogens with zero attached hydrogens (tertiary/aromatic N) is 4. The highest BCUT2D eigenvalue weighted by Crippen LogP contribution is 2.32. The van der Waals surface area contributed by atoms with Gasteiger partial charge < -0.3 is 9.64 Å². The van der Waals surface area contributed by atoms with Crippen LogP contribution in [0.3, 0.4) is 0 Å². The first-order valence-corrected chi connectivity index (χ1v) is 11.8. The molecule has 1 aliphatic rings. The molecule has 2 aromatic heterocycles. The molecule has 0 saturated carbocycles. The van der Waals surface area contributed by atoms with Gasteiger partial charge in [-0.15, -0.1) is 0 Å². The van der Waals surface area contributed by atoms with Crippen LogP contribution in [0.15, 0.2) is 54.6 Å². The van der Waals surface area contributed by atoms with E-state index in [2.05, 4.69) is 74.8 Å². The minimum atomic E-state index is 0.663. The topological polar surface area (TPSA) is 82.7 Å². The number of likely N-dealkylation sites (tertiary alicyclic amines) is 1. The average Bonchev–Trinajstić information content (AvgIpc) is 3.51. The Hall–Kier alpha value is -3.71. The molecule has 172 valence electrons. The molecule has 1 aliphatic heterocycles. The Morgan fingerprint density at radius 2 is 1.71 bits per heavy atom. The van der Waals surface area contributed by atoms with Crippen molar-refractivity contribution in [2.24, 2.45) is 5.92 Å². The lowest BCUT2D eigenvalue weighted by atomic mass is 9.94. The zero-order valence-electron chi connectivity index (χ0n) is 19.5. The molecule has 0 amide bonds. The normalized spacial score (nSPS) is 15.4. The SMILES string of the molecule is COc1ccc2cc(-c3n[nH]c4ccc(-c5nc(CC6CCN(C)CC6)n[nH]5)cc34)ccc2c1. The van der Waals surface area contributed by atoms with Crippen LogP contribution in [0.25, 0.3) is 44.3 Å². The van der Waals surface area contributed by atoms with Gasteiger partial charge in [0.1, 0.15) is 5.75 Å². The van der Waals surface area contributed by atoms with Gasteiger partial charge in [0.05, 0.1) is 18.3 Å².